The van der Waals surface area contributed by atoms with Crippen LogP contribution in [0.5, 0.6) is 11.5 Å². The molecule has 96 valence electrons. The quantitative estimate of drug-likeness (QED) is 0.754. The normalized spacial score (nSPS) is 12.2. The first-order valence-corrected chi connectivity index (χ1v) is 5.76. The number of aliphatic hydroxyl groups is 1. The second-order valence-electron chi connectivity index (χ2n) is 3.96. The predicted molar refractivity (Wildman–Crippen MR) is 67.8 cm³/mol. The van der Waals surface area contributed by atoms with Crippen molar-refractivity contribution in [2.45, 2.75) is 19.4 Å². The van der Waals surface area contributed by atoms with E-state index >= 15 is 0 Å². The third-order valence-electron chi connectivity index (χ3n) is 2.64. The SMILES string of the molecule is CNC(CCO)COc1ccc(C)cc1OC. The Bertz CT molecular complexity index is 341. The summed E-state index contributed by atoms with van der Waals surface area (Å²) in [6.45, 7) is 2.67. The smallest absolute Gasteiger partial charge is 0.161 e. The Morgan fingerprint density at radius 1 is 1.35 bits per heavy atom. The van der Waals surface area contributed by atoms with E-state index in [1.54, 1.807) is 7.11 Å². The van der Waals surface area contributed by atoms with E-state index in [2.05, 4.69) is 5.32 Å². The largest absolute Gasteiger partial charge is 0.493 e. The van der Waals surface area contributed by atoms with E-state index < -0.39 is 0 Å². The zero-order valence-electron chi connectivity index (χ0n) is 10.7. The first-order valence-electron chi connectivity index (χ1n) is 5.76. The van der Waals surface area contributed by atoms with Crippen LogP contribution in [-0.4, -0.2) is 38.5 Å². The molecule has 1 unspecified atom stereocenters. The topological polar surface area (TPSA) is 50.7 Å². The molecule has 17 heavy (non-hydrogen) atoms. The second-order valence-corrected chi connectivity index (χ2v) is 3.96. The number of benzene rings is 1. The average Bonchev–Trinajstić information content (AvgIpc) is 2.35. The van der Waals surface area contributed by atoms with Crippen molar-refractivity contribution in [2.24, 2.45) is 0 Å². The van der Waals surface area contributed by atoms with Gasteiger partial charge in [0.05, 0.1) is 7.11 Å². The number of rotatable bonds is 7. The van der Waals surface area contributed by atoms with Gasteiger partial charge in [-0.05, 0) is 38.1 Å². The second kappa shape index (κ2) is 7.14. The maximum absolute atomic E-state index is 8.88. The van der Waals surface area contributed by atoms with Gasteiger partial charge in [-0.2, -0.15) is 0 Å². The van der Waals surface area contributed by atoms with Gasteiger partial charge in [-0.1, -0.05) is 6.07 Å². The highest BCUT2D eigenvalue weighted by Gasteiger charge is 2.09. The summed E-state index contributed by atoms with van der Waals surface area (Å²) in [4.78, 5) is 0. The van der Waals surface area contributed by atoms with Crippen molar-refractivity contribution in [1.82, 2.24) is 5.32 Å². The van der Waals surface area contributed by atoms with Crippen molar-refractivity contribution in [3.63, 3.8) is 0 Å². The van der Waals surface area contributed by atoms with Crippen molar-refractivity contribution >= 4 is 0 Å². The van der Waals surface area contributed by atoms with Crippen molar-refractivity contribution in [3.8, 4) is 11.5 Å². The third kappa shape index (κ3) is 4.24. The van der Waals surface area contributed by atoms with Crippen molar-refractivity contribution in [2.75, 3.05) is 27.4 Å². The lowest BCUT2D eigenvalue weighted by Gasteiger charge is -2.17. The molecule has 0 amide bonds. The molecule has 0 aliphatic carbocycles. The van der Waals surface area contributed by atoms with Crippen molar-refractivity contribution in [3.05, 3.63) is 23.8 Å². The fourth-order valence-corrected chi connectivity index (χ4v) is 1.55. The Kier molecular flexibility index (Phi) is 5.80. The zero-order chi connectivity index (χ0) is 12.7. The van der Waals surface area contributed by atoms with Gasteiger partial charge in [0.25, 0.3) is 0 Å². The van der Waals surface area contributed by atoms with E-state index in [9.17, 15) is 0 Å². The summed E-state index contributed by atoms with van der Waals surface area (Å²) >= 11 is 0. The molecular formula is C13H21NO3. The minimum absolute atomic E-state index is 0.144. The van der Waals surface area contributed by atoms with Gasteiger partial charge in [-0.25, -0.2) is 0 Å². The Hall–Kier alpha value is -1.26. The van der Waals surface area contributed by atoms with Crippen LogP contribution in [0, 0.1) is 6.92 Å². The average molecular weight is 239 g/mol. The summed E-state index contributed by atoms with van der Waals surface area (Å²) in [7, 11) is 3.49. The Balaban J connectivity index is 2.61. The summed E-state index contributed by atoms with van der Waals surface area (Å²) in [6.07, 6.45) is 0.671. The lowest BCUT2D eigenvalue weighted by atomic mass is 10.2. The molecule has 4 nitrogen and oxygen atoms in total. The molecule has 0 aliphatic heterocycles. The van der Waals surface area contributed by atoms with Crippen molar-refractivity contribution < 1.29 is 14.6 Å². The van der Waals surface area contributed by atoms with Crippen LogP contribution in [-0.2, 0) is 0 Å². The number of hydrogen-bond donors (Lipinski definition) is 2. The highest BCUT2D eigenvalue weighted by molar-refractivity contribution is 5.42. The van der Waals surface area contributed by atoms with Crippen LogP contribution >= 0.6 is 0 Å². The van der Waals surface area contributed by atoms with Crippen molar-refractivity contribution in [1.29, 1.82) is 0 Å². The number of aryl methyl sites for hydroxylation is 1. The molecule has 0 saturated carbocycles. The van der Waals surface area contributed by atoms with Crippen LogP contribution in [0.4, 0.5) is 0 Å². The standard InChI is InChI=1S/C13H21NO3/c1-10-4-5-12(13(8-10)16-3)17-9-11(14-2)6-7-15/h4-5,8,11,14-15H,6-7,9H2,1-3H3. The number of methoxy groups -OCH3 is 1. The molecule has 0 aliphatic rings. The van der Waals surface area contributed by atoms with Crippen LogP contribution < -0.4 is 14.8 Å². The van der Waals surface area contributed by atoms with E-state index in [1.807, 2.05) is 32.2 Å². The monoisotopic (exact) mass is 239 g/mol. The first kappa shape index (κ1) is 13.8. The van der Waals surface area contributed by atoms with Crippen LogP contribution in [0.25, 0.3) is 0 Å². The molecule has 0 radical (unpaired) electrons. The molecule has 1 atom stereocenters. The van der Waals surface area contributed by atoms with Gasteiger partial charge in [-0.15, -0.1) is 0 Å². The lowest BCUT2D eigenvalue weighted by Crippen LogP contribution is -2.32. The molecule has 2 N–H and O–H groups in total. The summed E-state index contributed by atoms with van der Waals surface area (Å²) in [5.41, 5.74) is 1.13. The molecular weight excluding hydrogens is 218 g/mol. The number of hydrogen-bond acceptors (Lipinski definition) is 4. The van der Waals surface area contributed by atoms with Crippen LogP contribution in [0.3, 0.4) is 0 Å². The van der Waals surface area contributed by atoms with Gasteiger partial charge in [-0.3, -0.25) is 0 Å². The summed E-state index contributed by atoms with van der Waals surface area (Å²) < 4.78 is 10.9. The van der Waals surface area contributed by atoms with E-state index in [0.29, 0.717) is 13.0 Å². The van der Waals surface area contributed by atoms with Crippen LogP contribution in [0.2, 0.25) is 0 Å². The summed E-state index contributed by atoms with van der Waals surface area (Å²) in [5.74, 6) is 1.47. The van der Waals surface area contributed by atoms with E-state index in [4.69, 9.17) is 14.6 Å². The zero-order valence-corrected chi connectivity index (χ0v) is 10.7. The molecule has 1 aromatic carbocycles. The Morgan fingerprint density at radius 2 is 2.12 bits per heavy atom. The first-order chi connectivity index (χ1) is 8.21. The molecule has 1 rings (SSSR count). The predicted octanol–water partition coefficient (Wildman–Crippen LogP) is 1.35. The van der Waals surface area contributed by atoms with Gasteiger partial charge in [0.15, 0.2) is 11.5 Å². The van der Waals surface area contributed by atoms with Gasteiger partial charge in [0.2, 0.25) is 0 Å². The molecule has 4 heteroatoms. The fourth-order valence-electron chi connectivity index (χ4n) is 1.55. The summed E-state index contributed by atoms with van der Waals surface area (Å²) in [5, 5.41) is 12.0. The Labute approximate surface area is 103 Å². The number of likely N-dealkylation sites (N-methyl/N-ethyl adjacent to an activating group) is 1. The van der Waals surface area contributed by atoms with Gasteiger partial charge < -0.3 is 19.9 Å². The molecule has 0 heterocycles. The molecule has 0 aromatic heterocycles. The van der Waals surface area contributed by atoms with Gasteiger partial charge >= 0.3 is 0 Å². The van der Waals surface area contributed by atoms with E-state index in [0.717, 1.165) is 17.1 Å². The molecule has 0 fully saturated rings. The maximum Gasteiger partial charge on any atom is 0.161 e. The molecule has 0 saturated heterocycles. The van der Waals surface area contributed by atoms with Crippen LogP contribution in [0.1, 0.15) is 12.0 Å². The minimum atomic E-state index is 0.144. The third-order valence-corrected chi connectivity index (χ3v) is 2.64. The Morgan fingerprint density at radius 3 is 2.71 bits per heavy atom. The van der Waals surface area contributed by atoms with Gasteiger partial charge in [0, 0.05) is 12.6 Å². The van der Waals surface area contributed by atoms with Gasteiger partial charge in [0.1, 0.15) is 6.61 Å². The molecule has 0 bridgehead atoms. The van der Waals surface area contributed by atoms with Crippen LogP contribution in [0.15, 0.2) is 18.2 Å². The summed E-state index contributed by atoms with van der Waals surface area (Å²) in [6, 6.07) is 5.97. The number of nitrogens with one attached hydrogen (secondary N) is 1. The molecule has 1 aromatic rings. The fraction of sp³-hybridized carbons (Fsp3) is 0.538. The minimum Gasteiger partial charge on any atom is -0.493 e. The molecule has 0 spiro atoms. The highest BCUT2D eigenvalue weighted by Crippen LogP contribution is 2.27. The highest BCUT2D eigenvalue weighted by atomic mass is 16.5. The number of ether oxygens (including phenoxy) is 2. The van der Waals surface area contributed by atoms with E-state index in [1.165, 1.54) is 0 Å². The maximum atomic E-state index is 8.88. The van der Waals surface area contributed by atoms with E-state index in [-0.39, 0.29) is 12.6 Å². The number of aliphatic hydroxyl groups excluding tert-OH is 1. The lowest BCUT2D eigenvalue weighted by molar-refractivity contribution is 0.214.